The molecule has 0 aromatic heterocycles. The second kappa shape index (κ2) is 6.99. The molecular weight excluding hydrogens is 277 g/mol. The monoisotopic (exact) mass is 293 g/mol. The Kier molecular flexibility index (Phi) is 5.05. The number of nitrogens with zero attached hydrogens (tertiary/aromatic N) is 1. The van der Waals surface area contributed by atoms with Gasteiger partial charge in [0.2, 0.25) is 5.91 Å². The average Bonchev–Trinajstić information content (AvgIpc) is 2.49. The third kappa shape index (κ3) is 4.39. The topological polar surface area (TPSA) is 66.8 Å². The van der Waals surface area contributed by atoms with E-state index in [1.807, 2.05) is 0 Å². The van der Waals surface area contributed by atoms with Gasteiger partial charge in [-0.05, 0) is 23.8 Å². The number of amides is 1. The number of halogens is 1. The highest BCUT2D eigenvalue weighted by molar-refractivity contribution is 5.98. The second-order valence-electron chi connectivity index (χ2n) is 4.70. The van der Waals surface area contributed by atoms with Crippen molar-refractivity contribution in [1.82, 2.24) is 4.90 Å². The predicted octanol–water partition coefficient (Wildman–Crippen LogP) is 1.54. The fraction of sp³-hybridized carbons (Fsp3) is 0.333. The Morgan fingerprint density at radius 2 is 1.86 bits per heavy atom. The summed E-state index contributed by atoms with van der Waals surface area (Å²) in [6.07, 6.45) is 1.20. The fourth-order valence-corrected chi connectivity index (χ4v) is 2.04. The first-order valence-electron chi connectivity index (χ1n) is 6.61. The number of hydrogen-bond donors (Lipinski definition) is 1. The number of hydrogen-bond acceptors (Lipinski definition) is 3. The van der Waals surface area contributed by atoms with Gasteiger partial charge < -0.3 is 14.7 Å². The van der Waals surface area contributed by atoms with Crippen LogP contribution in [0.3, 0.4) is 0 Å². The highest BCUT2D eigenvalue weighted by Gasteiger charge is 2.20. The van der Waals surface area contributed by atoms with Crippen molar-refractivity contribution < 1.29 is 23.8 Å². The summed E-state index contributed by atoms with van der Waals surface area (Å²) < 4.78 is 18.0. The second-order valence-corrected chi connectivity index (χ2v) is 4.70. The van der Waals surface area contributed by atoms with Crippen molar-refractivity contribution in [2.75, 3.05) is 26.3 Å². The van der Waals surface area contributed by atoms with E-state index in [9.17, 15) is 19.1 Å². The smallest absolute Gasteiger partial charge is 0.332 e. The van der Waals surface area contributed by atoms with E-state index in [0.717, 1.165) is 0 Å². The molecule has 1 amide bonds. The first-order chi connectivity index (χ1) is 10.1. The number of carbonyl (C=O) groups is 2. The minimum absolute atomic E-state index is 0.0156. The van der Waals surface area contributed by atoms with Gasteiger partial charge in [0, 0.05) is 18.7 Å². The van der Waals surface area contributed by atoms with Gasteiger partial charge in [-0.1, -0.05) is 12.1 Å². The van der Waals surface area contributed by atoms with Gasteiger partial charge in [-0.25, -0.2) is 9.18 Å². The molecule has 1 aliphatic heterocycles. The number of rotatable bonds is 4. The van der Waals surface area contributed by atoms with E-state index in [0.29, 0.717) is 31.9 Å². The molecule has 1 fully saturated rings. The number of carboxylic acid groups (broad SMARTS) is 1. The van der Waals surface area contributed by atoms with Crippen LogP contribution < -0.4 is 0 Å². The Bertz CT molecular complexity index is 547. The average molecular weight is 293 g/mol. The lowest BCUT2D eigenvalue weighted by molar-refractivity contribution is -0.138. The third-order valence-electron chi connectivity index (χ3n) is 3.19. The van der Waals surface area contributed by atoms with Gasteiger partial charge in [0.15, 0.2) is 0 Å². The molecule has 0 spiro atoms. The number of carbonyl (C=O) groups excluding carboxylic acids is 1. The van der Waals surface area contributed by atoms with E-state index in [-0.39, 0.29) is 17.9 Å². The molecule has 0 atom stereocenters. The van der Waals surface area contributed by atoms with E-state index in [2.05, 4.69) is 0 Å². The maximum atomic E-state index is 12.8. The van der Waals surface area contributed by atoms with Gasteiger partial charge in [0.1, 0.15) is 5.82 Å². The fourth-order valence-electron chi connectivity index (χ4n) is 2.04. The van der Waals surface area contributed by atoms with Crippen molar-refractivity contribution in [3.05, 3.63) is 41.2 Å². The number of ether oxygens (including phenoxy) is 1. The molecule has 0 radical (unpaired) electrons. The summed E-state index contributed by atoms with van der Waals surface area (Å²) in [7, 11) is 0. The highest BCUT2D eigenvalue weighted by Crippen LogP contribution is 2.13. The molecular formula is C15H16FNO4. The van der Waals surface area contributed by atoms with Gasteiger partial charge in [-0.3, -0.25) is 4.79 Å². The van der Waals surface area contributed by atoms with Crippen LogP contribution in [-0.2, 0) is 14.3 Å². The first-order valence-corrected chi connectivity index (χ1v) is 6.61. The van der Waals surface area contributed by atoms with Crippen LogP contribution in [0.2, 0.25) is 0 Å². The third-order valence-corrected chi connectivity index (χ3v) is 3.19. The molecule has 0 aliphatic carbocycles. The summed E-state index contributed by atoms with van der Waals surface area (Å²) >= 11 is 0. The molecule has 0 saturated carbocycles. The standard InChI is InChI=1S/C15H16FNO4/c16-13-3-1-11(2-4-13)9-12(15(19)20)10-14(18)17-5-7-21-8-6-17/h1-4,9H,5-8,10H2,(H,19,20)/b12-9-. The molecule has 1 aromatic rings. The van der Waals surface area contributed by atoms with E-state index in [4.69, 9.17) is 4.74 Å². The van der Waals surface area contributed by atoms with E-state index < -0.39 is 11.8 Å². The molecule has 5 nitrogen and oxygen atoms in total. The number of carboxylic acids is 1. The molecule has 0 bridgehead atoms. The molecule has 21 heavy (non-hydrogen) atoms. The molecule has 6 heteroatoms. The lowest BCUT2D eigenvalue weighted by Crippen LogP contribution is -2.41. The normalized spacial score (nSPS) is 15.9. The minimum atomic E-state index is -1.15. The van der Waals surface area contributed by atoms with Crippen LogP contribution in [0.1, 0.15) is 12.0 Å². The Morgan fingerprint density at radius 1 is 1.24 bits per heavy atom. The minimum Gasteiger partial charge on any atom is -0.478 e. The first kappa shape index (κ1) is 15.2. The lowest BCUT2D eigenvalue weighted by atomic mass is 10.1. The number of aliphatic carboxylic acids is 1. The van der Waals surface area contributed by atoms with Gasteiger partial charge in [-0.15, -0.1) is 0 Å². The van der Waals surface area contributed by atoms with Crippen LogP contribution in [0.15, 0.2) is 29.8 Å². The Labute approximate surface area is 121 Å². The summed E-state index contributed by atoms with van der Waals surface area (Å²) in [6.45, 7) is 1.89. The molecule has 1 N–H and O–H groups in total. The van der Waals surface area contributed by atoms with Crippen molar-refractivity contribution in [2.45, 2.75) is 6.42 Å². The van der Waals surface area contributed by atoms with Gasteiger partial charge in [0.05, 0.1) is 19.6 Å². The van der Waals surface area contributed by atoms with Crippen molar-refractivity contribution in [1.29, 1.82) is 0 Å². The molecule has 1 heterocycles. The van der Waals surface area contributed by atoms with Crippen LogP contribution in [0.25, 0.3) is 6.08 Å². The highest BCUT2D eigenvalue weighted by atomic mass is 19.1. The van der Waals surface area contributed by atoms with Crippen LogP contribution in [0, 0.1) is 5.82 Å². The zero-order valence-electron chi connectivity index (χ0n) is 11.4. The van der Waals surface area contributed by atoms with E-state index in [1.54, 1.807) is 4.90 Å². The number of morpholine rings is 1. The predicted molar refractivity (Wildman–Crippen MR) is 74.0 cm³/mol. The molecule has 0 unspecified atom stereocenters. The van der Waals surface area contributed by atoms with E-state index in [1.165, 1.54) is 30.3 Å². The van der Waals surface area contributed by atoms with Crippen molar-refractivity contribution in [3.63, 3.8) is 0 Å². The summed E-state index contributed by atoms with van der Waals surface area (Å²) in [4.78, 5) is 24.9. The van der Waals surface area contributed by atoms with E-state index >= 15 is 0 Å². The lowest BCUT2D eigenvalue weighted by Gasteiger charge is -2.26. The zero-order valence-corrected chi connectivity index (χ0v) is 11.4. The Morgan fingerprint density at radius 3 is 2.43 bits per heavy atom. The molecule has 1 aromatic carbocycles. The van der Waals surface area contributed by atoms with Crippen LogP contribution in [-0.4, -0.2) is 48.2 Å². The Balaban J connectivity index is 2.09. The van der Waals surface area contributed by atoms with Crippen LogP contribution >= 0.6 is 0 Å². The maximum Gasteiger partial charge on any atom is 0.332 e. The van der Waals surface area contributed by atoms with Crippen LogP contribution in [0.5, 0.6) is 0 Å². The van der Waals surface area contributed by atoms with Crippen LogP contribution in [0.4, 0.5) is 4.39 Å². The summed E-state index contributed by atoms with van der Waals surface area (Å²) in [5.74, 6) is -1.79. The summed E-state index contributed by atoms with van der Waals surface area (Å²) in [6, 6.07) is 5.43. The summed E-state index contributed by atoms with van der Waals surface area (Å²) in [5.41, 5.74) is 0.529. The summed E-state index contributed by atoms with van der Waals surface area (Å²) in [5, 5.41) is 9.20. The Hall–Kier alpha value is -2.21. The largest absolute Gasteiger partial charge is 0.478 e. The van der Waals surface area contributed by atoms with Gasteiger partial charge in [-0.2, -0.15) is 0 Å². The molecule has 1 aliphatic rings. The van der Waals surface area contributed by atoms with Gasteiger partial charge >= 0.3 is 5.97 Å². The zero-order chi connectivity index (χ0) is 15.2. The van der Waals surface area contributed by atoms with Crippen molar-refractivity contribution in [3.8, 4) is 0 Å². The maximum absolute atomic E-state index is 12.8. The molecule has 112 valence electrons. The van der Waals surface area contributed by atoms with Crippen molar-refractivity contribution >= 4 is 18.0 Å². The molecule has 2 rings (SSSR count). The SMILES string of the molecule is O=C(O)/C(=C\c1ccc(F)cc1)CC(=O)N1CCOCC1. The molecule has 1 saturated heterocycles. The van der Waals surface area contributed by atoms with Crippen molar-refractivity contribution in [2.24, 2.45) is 0 Å². The quantitative estimate of drug-likeness (QED) is 0.855. The van der Waals surface area contributed by atoms with Gasteiger partial charge in [0.25, 0.3) is 0 Å². The number of benzene rings is 1.